The minimum absolute atomic E-state index is 0.155. The number of nitrogens with zero attached hydrogens (tertiary/aromatic N) is 1. The molecule has 0 atom stereocenters. The zero-order chi connectivity index (χ0) is 11.8. The van der Waals surface area contributed by atoms with Gasteiger partial charge in [-0.2, -0.15) is 0 Å². The number of pyridine rings is 1. The highest BCUT2D eigenvalue weighted by Gasteiger charge is 1.98. The molecule has 0 unspecified atom stereocenters. The number of nitrogens with two attached hydrogens (primary N) is 1. The molecule has 86 valence electrons. The first-order chi connectivity index (χ1) is 7.72. The van der Waals surface area contributed by atoms with Crippen molar-refractivity contribution in [2.45, 2.75) is 32.8 Å². The second kappa shape index (κ2) is 6.86. The summed E-state index contributed by atoms with van der Waals surface area (Å²) in [6.07, 6.45) is 5.35. The van der Waals surface area contributed by atoms with Crippen molar-refractivity contribution in [3.63, 3.8) is 0 Å². The average Bonchev–Trinajstić information content (AvgIpc) is 2.24. The van der Waals surface area contributed by atoms with Crippen molar-refractivity contribution < 1.29 is 4.74 Å². The van der Waals surface area contributed by atoms with Crippen LogP contribution < -0.4 is 10.5 Å². The van der Waals surface area contributed by atoms with Crippen LogP contribution in [0.3, 0.4) is 0 Å². The molecule has 0 aliphatic heterocycles. The van der Waals surface area contributed by atoms with E-state index in [9.17, 15) is 0 Å². The van der Waals surface area contributed by atoms with Gasteiger partial charge in [0.05, 0.1) is 12.3 Å². The van der Waals surface area contributed by atoms with Crippen LogP contribution >= 0.6 is 0 Å². The minimum Gasteiger partial charge on any atom is -0.489 e. The lowest BCUT2D eigenvalue weighted by molar-refractivity contribution is 0.241. The smallest absolute Gasteiger partial charge is 0.139 e. The molecule has 3 nitrogen and oxygen atoms in total. The molecule has 0 spiro atoms. The van der Waals surface area contributed by atoms with E-state index in [1.54, 1.807) is 12.4 Å². The van der Waals surface area contributed by atoms with Crippen molar-refractivity contribution in [1.29, 1.82) is 0 Å². The molecule has 1 aromatic heterocycles. The maximum atomic E-state index is 5.53. The van der Waals surface area contributed by atoms with Crippen LogP contribution in [-0.4, -0.2) is 17.6 Å². The Hall–Kier alpha value is -1.53. The Balaban J connectivity index is 2.62. The van der Waals surface area contributed by atoms with Crippen molar-refractivity contribution in [3.05, 3.63) is 24.0 Å². The topological polar surface area (TPSA) is 48.1 Å². The zero-order valence-corrected chi connectivity index (χ0v) is 9.86. The quantitative estimate of drug-likeness (QED) is 0.620. The Morgan fingerprint density at radius 2 is 2.25 bits per heavy atom. The molecule has 1 aromatic rings. The van der Waals surface area contributed by atoms with Crippen LogP contribution in [-0.2, 0) is 0 Å². The molecule has 0 amide bonds. The molecule has 3 heteroatoms. The van der Waals surface area contributed by atoms with E-state index in [1.165, 1.54) is 0 Å². The predicted octanol–water partition coefficient (Wildman–Crippen LogP) is 1.96. The lowest BCUT2D eigenvalue weighted by atomic mass is 10.2. The molecular weight excluding hydrogens is 200 g/mol. The van der Waals surface area contributed by atoms with Gasteiger partial charge < -0.3 is 10.5 Å². The van der Waals surface area contributed by atoms with Crippen LogP contribution in [0.15, 0.2) is 18.5 Å². The maximum absolute atomic E-state index is 5.53. The van der Waals surface area contributed by atoms with E-state index in [4.69, 9.17) is 10.5 Å². The summed E-state index contributed by atoms with van der Waals surface area (Å²) in [6.45, 7) is 4.66. The van der Waals surface area contributed by atoms with Crippen LogP contribution in [0.2, 0.25) is 0 Å². The second-order valence-corrected chi connectivity index (χ2v) is 3.77. The van der Waals surface area contributed by atoms with Crippen molar-refractivity contribution in [2.24, 2.45) is 5.73 Å². The fourth-order valence-corrected chi connectivity index (χ4v) is 1.18. The zero-order valence-electron chi connectivity index (χ0n) is 9.86. The van der Waals surface area contributed by atoms with Gasteiger partial charge in [0.15, 0.2) is 0 Å². The molecule has 0 aromatic carbocycles. The van der Waals surface area contributed by atoms with Crippen molar-refractivity contribution in [1.82, 2.24) is 4.98 Å². The van der Waals surface area contributed by atoms with Gasteiger partial charge in [0.25, 0.3) is 0 Å². The van der Waals surface area contributed by atoms with Crippen molar-refractivity contribution in [3.8, 4) is 17.6 Å². The van der Waals surface area contributed by atoms with E-state index in [0.29, 0.717) is 6.54 Å². The Bertz CT molecular complexity index is 377. The van der Waals surface area contributed by atoms with E-state index in [1.807, 2.05) is 19.9 Å². The summed E-state index contributed by atoms with van der Waals surface area (Å²) in [6, 6.07) is 1.91. The molecule has 1 rings (SSSR count). The first kappa shape index (κ1) is 12.5. The summed E-state index contributed by atoms with van der Waals surface area (Å²) in [5, 5.41) is 0. The van der Waals surface area contributed by atoms with Gasteiger partial charge in [0.2, 0.25) is 0 Å². The van der Waals surface area contributed by atoms with Gasteiger partial charge in [-0.3, -0.25) is 4.98 Å². The number of rotatable bonds is 4. The second-order valence-electron chi connectivity index (χ2n) is 3.77. The van der Waals surface area contributed by atoms with Gasteiger partial charge in [-0.25, -0.2) is 0 Å². The van der Waals surface area contributed by atoms with E-state index in [0.717, 1.165) is 24.2 Å². The van der Waals surface area contributed by atoms with Gasteiger partial charge in [-0.15, -0.1) is 0 Å². The molecule has 2 N–H and O–H groups in total. The van der Waals surface area contributed by atoms with Crippen LogP contribution in [0, 0.1) is 11.8 Å². The largest absolute Gasteiger partial charge is 0.489 e. The van der Waals surface area contributed by atoms with E-state index in [2.05, 4.69) is 16.8 Å². The summed E-state index contributed by atoms with van der Waals surface area (Å²) >= 11 is 0. The summed E-state index contributed by atoms with van der Waals surface area (Å²) in [4.78, 5) is 4.08. The Morgan fingerprint density at radius 1 is 1.44 bits per heavy atom. The highest BCUT2D eigenvalue weighted by molar-refractivity contribution is 5.36. The van der Waals surface area contributed by atoms with Gasteiger partial charge >= 0.3 is 0 Å². The fraction of sp³-hybridized carbons (Fsp3) is 0.462. The van der Waals surface area contributed by atoms with Crippen LogP contribution in [0.1, 0.15) is 32.3 Å². The van der Waals surface area contributed by atoms with Crippen LogP contribution in [0.25, 0.3) is 0 Å². The molecule has 0 saturated heterocycles. The third kappa shape index (κ3) is 4.81. The number of aromatic nitrogens is 1. The predicted molar refractivity (Wildman–Crippen MR) is 65.2 cm³/mol. The van der Waals surface area contributed by atoms with E-state index in [-0.39, 0.29) is 6.10 Å². The number of unbranched alkanes of at least 4 members (excludes halogenated alkanes) is 1. The van der Waals surface area contributed by atoms with Gasteiger partial charge in [0, 0.05) is 18.2 Å². The van der Waals surface area contributed by atoms with Crippen molar-refractivity contribution >= 4 is 0 Å². The molecule has 0 aliphatic carbocycles. The Morgan fingerprint density at radius 3 is 2.94 bits per heavy atom. The maximum Gasteiger partial charge on any atom is 0.139 e. The number of ether oxygens (including phenoxy) is 1. The van der Waals surface area contributed by atoms with E-state index < -0.39 is 0 Å². The molecule has 0 aliphatic rings. The lowest BCUT2D eigenvalue weighted by Gasteiger charge is -2.08. The Kier molecular flexibility index (Phi) is 5.38. The molecule has 0 radical (unpaired) electrons. The highest BCUT2D eigenvalue weighted by atomic mass is 16.5. The average molecular weight is 218 g/mol. The number of hydrogen-bond donors (Lipinski definition) is 1. The third-order valence-electron chi connectivity index (χ3n) is 1.82. The first-order valence-electron chi connectivity index (χ1n) is 5.53. The normalized spacial score (nSPS) is 9.75. The molecule has 16 heavy (non-hydrogen) atoms. The number of hydrogen-bond acceptors (Lipinski definition) is 3. The monoisotopic (exact) mass is 218 g/mol. The summed E-state index contributed by atoms with van der Waals surface area (Å²) in [5.74, 6) is 6.87. The molecule has 0 bridgehead atoms. The van der Waals surface area contributed by atoms with Gasteiger partial charge in [0.1, 0.15) is 5.75 Å². The molecule has 0 fully saturated rings. The first-order valence-corrected chi connectivity index (χ1v) is 5.53. The summed E-state index contributed by atoms with van der Waals surface area (Å²) in [5.41, 5.74) is 6.27. The molecular formula is C13H18N2O. The minimum atomic E-state index is 0.155. The van der Waals surface area contributed by atoms with Gasteiger partial charge in [-0.1, -0.05) is 11.8 Å². The third-order valence-corrected chi connectivity index (χ3v) is 1.82. The van der Waals surface area contributed by atoms with Crippen LogP contribution in [0.4, 0.5) is 0 Å². The fourth-order valence-electron chi connectivity index (χ4n) is 1.18. The van der Waals surface area contributed by atoms with Crippen LogP contribution in [0.5, 0.6) is 5.75 Å². The van der Waals surface area contributed by atoms with Crippen molar-refractivity contribution in [2.75, 3.05) is 6.54 Å². The van der Waals surface area contributed by atoms with Gasteiger partial charge in [-0.05, 0) is 32.9 Å². The van der Waals surface area contributed by atoms with E-state index >= 15 is 0 Å². The summed E-state index contributed by atoms with van der Waals surface area (Å²) < 4.78 is 5.53. The lowest BCUT2D eigenvalue weighted by Crippen LogP contribution is -2.05. The summed E-state index contributed by atoms with van der Waals surface area (Å²) in [7, 11) is 0. The molecule has 0 saturated carbocycles. The Labute approximate surface area is 97.0 Å². The molecule has 1 heterocycles. The SMILES string of the molecule is CC(C)Oc1cncc(C#CCCCN)c1. The highest BCUT2D eigenvalue weighted by Crippen LogP contribution is 2.12. The standard InChI is InChI=1S/C13H18N2O/c1-11(2)16-13-8-12(9-15-10-13)6-4-3-5-7-14/h8-11H,3,5,7,14H2,1-2H3.